The average molecular weight is 628 g/mol. The molecule has 0 fully saturated rings. The standard InChI is InChI=1S/C36H41N3O5S/c1-4-6-25-37-36(41)34(5-2)38(26-29-19-17-28(3)18-20-29)35(40)27-39(45(42,43)33-15-11-8-12-16-33)30-21-23-32(24-22-30)44-31-13-9-7-10-14-31/h7-24,34H,4-6,25-27H2,1-3H3,(H,37,41)/t34-/m0/s1. The maximum Gasteiger partial charge on any atom is 0.264 e. The van der Waals surface area contributed by atoms with Crippen LogP contribution in [0.5, 0.6) is 11.5 Å². The highest BCUT2D eigenvalue weighted by atomic mass is 32.2. The highest BCUT2D eigenvalue weighted by Crippen LogP contribution is 2.28. The van der Waals surface area contributed by atoms with E-state index in [1.807, 2.05) is 75.4 Å². The van der Waals surface area contributed by atoms with E-state index in [-0.39, 0.29) is 17.3 Å². The Kier molecular flexibility index (Phi) is 11.8. The molecule has 0 aromatic heterocycles. The van der Waals surface area contributed by atoms with E-state index >= 15 is 0 Å². The molecule has 0 saturated carbocycles. The minimum Gasteiger partial charge on any atom is -0.457 e. The summed E-state index contributed by atoms with van der Waals surface area (Å²) >= 11 is 0. The molecule has 0 aliphatic carbocycles. The molecular formula is C36H41N3O5S. The van der Waals surface area contributed by atoms with Gasteiger partial charge in [-0.05, 0) is 73.9 Å². The lowest BCUT2D eigenvalue weighted by atomic mass is 10.1. The predicted octanol–water partition coefficient (Wildman–Crippen LogP) is 6.71. The van der Waals surface area contributed by atoms with Gasteiger partial charge in [0.2, 0.25) is 11.8 Å². The number of carbonyl (C=O) groups is 2. The van der Waals surface area contributed by atoms with Crippen molar-refractivity contribution in [1.82, 2.24) is 10.2 Å². The van der Waals surface area contributed by atoms with Crippen molar-refractivity contribution in [3.63, 3.8) is 0 Å². The van der Waals surface area contributed by atoms with Crippen LogP contribution in [-0.4, -0.2) is 44.3 Å². The molecule has 0 aliphatic rings. The third kappa shape index (κ3) is 8.95. The second-order valence-corrected chi connectivity index (χ2v) is 12.7. The highest BCUT2D eigenvalue weighted by Gasteiger charge is 2.33. The minimum absolute atomic E-state index is 0.0526. The molecule has 8 nitrogen and oxygen atoms in total. The quantitative estimate of drug-likeness (QED) is 0.148. The van der Waals surface area contributed by atoms with Gasteiger partial charge in [-0.3, -0.25) is 13.9 Å². The van der Waals surface area contributed by atoms with Gasteiger partial charge in [0.05, 0.1) is 10.6 Å². The molecule has 9 heteroatoms. The maximum absolute atomic E-state index is 14.2. The molecular weight excluding hydrogens is 586 g/mol. The first-order valence-corrected chi connectivity index (χ1v) is 16.7. The molecule has 4 rings (SSSR count). The van der Waals surface area contributed by atoms with E-state index < -0.39 is 28.5 Å². The van der Waals surface area contributed by atoms with E-state index in [9.17, 15) is 18.0 Å². The number of hydrogen-bond donors (Lipinski definition) is 1. The fraction of sp³-hybridized carbons (Fsp3) is 0.278. The van der Waals surface area contributed by atoms with Crippen molar-refractivity contribution in [3.8, 4) is 11.5 Å². The topological polar surface area (TPSA) is 96.0 Å². The summed E-state index contributed by atoms with van der Waals surface area (Å²) < 4.78 is 35.1. The molecule has 0 aliphatic heterocycles. The third-order valence-electron chi connectivity index (χ3n) is 7.40. The van der Waals surface area contributed by atoms with Crippen LogP contribution in [0, 0.1) is 6.92 Å². The number of rotatable bonds is 15. The van der Waals surface area contributed by atoms with E-state index in [4.69, 9.17) is 4.74 Å². The molecule has 0 spiro atoms. The second kappa shape index (κ2) is 15.9. The van der Waals surface area contributed by atoms with Gasteiger partial charge in [-0.2, -0.15) is 0 Å². The number of carbonyl (C=O) groups excluding carboxylic acids is 2. The molecule has 4 aromatic carbocycles. The zero-order valence-electron chi connectivity index (χ0n) is 26.1. The zero-order valence-corrected chi connectivity index (χ0v) is 26.9. The van der Waals surface area contributed by atoms with Gasteiger partial charge in [-0.1, -0.05) is 86.5 Å². The van der Waals surface area contributed by atoms with Crippen LogP contribution in [0.25, 0.3) is 0 Å². The van der Waals surface area contributed by atoms with E-state index in [2.05, 4.69) is 5.32 Å². The van der Waals surface area contributed by atoms with Crippen molar-refractivity contribution in [2.45, 2.75) is 57.5 Å². The number of aryl methyl sites for hydroxylation is 1. The molecule has 2 amide bonds. The summed E-state index contributed by atoms with van der Waals surface area (Å²) in [6.45, 7) is 6.03. The number of amides is 2. The largest absolute Gasteiger partial charge is 0.457 e. The molecule has 1 atom stereocenters. The number of ether oxygens (including phenoxy) is 1. The van der Waals surface area contributed by atoms with Gasteiger partial charge in [0, 0.05) is 13.1 Å². The van der Waals surface area contributed by atoms with Crippen molar-refractivity contribution >= 4 is 27.5 Å². The van der Waals surface area contributed by atoms with Crippen LogP contribution in [0.2, 0.25) is 0 Å². The Labute approximate surface area is 266 Å². The van der Waals surface area contributed by atoms with E-state index in [1.165, 1.54) is 17.0 Å². The number of sulfonamides is 1. The Morgan fingerprint density at radius 1 is 0.800 bits per heavy atom. The number of nitrogens with zero attached hydrogens (tertiary/aromatic N) is 2. The monoisotopic (exact) mass is 627 g/mol. The van der Waals surface area contributed by atoms with Crippen molar-refractivity contribution in [3.05, 3.63) is 120 Å². The fourth-order valence-corrected chi connectivity index (χ4v) is 6.30. The van der Waals surface area contributed by atoms with Crippen LogP contribution >= 0.6 is 0 Å². The first-order chi connectivity index (χ1) is 21.7. The van der Waals surface area contributed by atoms with Gasteiger partial charge in [0.1, 0.15) is 24.1 Å². The number of nitrogens with one attached hydrogen (secondary N) is 1. The van der Waals surface area contributed by atoms with E-state index in [0.29, 0.717) is 30.2 Å². The van der Waals surface area contributed by atoms with Crippen molar-refractivity contribution in [1.29, 1.82) is 0 Å². The Morgan fingerprint density at radius 2 is 1.40 bits per heavy atom. The number of hydrogen-bond acceptors (Lipinski definition) is 5. The van der Waals surface area contributed by atoms with Crippen LogP contribution in [0.15, 0.2) is 114 Å². The van der Waals surface area contributed by atoms with Crippen molar-refractivity contribution in [2.24, 2.45) is 0 Å². The van der Waals surface area contributed by atoms with Crippen LogP contribution in [0.3, 0.4) is 0 Å². The Morgan fingerprint density at radius 3 is 2.00 bits per heavy atom. The van der Waals surface area contributed by atoms with Gasteiger partial charge in [-0.25, -0.2) is 8.42 Å². The van der Waals surface area contributed by atoms with Crippen LogP contribution < -0.4 is 14.4 Å². The van der Waals surface area contributed by atoms with Crippen molar-refractivity contribution in [2.75, 3.05) is 17.4 Å². The second-order valence-electron chi connectivity index (χ2n) is 10.8. The first kappa shape index (κ1) is 33.3. The van der Waals surface area contributed by atoms with E-state index in [0.717, 1.165) is 28.3 Å². The summed E-state index contributed by atoms with van der Waals surface area (Å²) in [5, 5.41) is 2.95. The summed E-state index contributed by atoms with van der Waals surface area (Å²) in [5.41, 5.74) is 2.21. The van der Waals surface area contributed by atoms with Gasteiger partial charge in [0.25, 0.3) is 10.0 Å². The Balaban J connectivity index is 1.69. The summed E-state index contributed by atoms with van der Waals surface area (Å²) in [5.74, 6) is 0.413. The fourth-order valence-electron chi connectivity index (χ4n) is 4.87. The van der Waals surface area contributed by atoms with Crippen LogP contribution in [-0.2, 0) is 26.2 Å². The van der Waals surface area contributed by atoms with Crippen molar-refractivity contribution < 1.29 is 22.7 Å². The molecule has 45 heavy (non-hydrogen) atoms. The smallest absolute Gasteiger partial charge is 0.264 e. The van der Waals surface area contributed by atoms with Crippen LogP contribution in [0.4, 0.5) is 5.69 Å². The Hall–Kier alpha value is -4.63. The lowest BCUT2D eigenvalue weighted by molar-refractivity contribution is -0.140. The predicted molar refractivity (Wildman–Crippen MR) is 178 cm³/mol. The SMILES string of the molecule is CCCCNC(=O)[C@H](CC)N(Cc1ccc(C)cc1)C(=O)CN(c1ccc(Oc2ccccc2)cc1)S(=O)(=O)c1ccccc1. The number of anilines is 1. The van der Waals surface area contributed by atoms with Gasteiger partial charge >= 0.3 is 0 Å². The summed E-state index contributed by atoms with van der Waals surface area (Å²) in [4.78, 5) is 29.1. The summed E-state index contributed by atoms with van der Waals surface area (Å²) in [7, 11) is -4.16. The number of benzene rings is 4. The van der Waals surface area contributed by atoms with Gasteiger partial charge in [0.15, 0.2) is 0 Å². The highest BCUT2D eigenvalue weighted by molar-refractivity contribution is 7.92. The van der Waals surface area contributed by atoms with Gasteiger partial charge < -0.3 is 15.0 Å². The summed E-state index contributed by atoms with van der Waals surface area (Å²) in [6.07, 6.45) is 2.11. The molecule has 236 valence electrons. The lowest BCUT2D eigenvalue weighted by Gasteiger charge is -2.33. The Bertz CT molecular complexity index is 1630. The molecule has 0 heterocycles. The number of para-hydroxylation sites is 1. The normalized spacial score (nSPS) is 11.8. The maximum atomic E-state index is 14.2. The van der Waals surface area contributed by atoms with Crippen LogP contribution in [0.1, 0.15) is 44.2 Å². The molecule has 0 saturated heterocycles. The minimum atomic E-state index is -4.16. The van der Waals surface area contributed by atoms with Gasteiger partial charge in [-0.15, -0.1) is 0 Å². The van der Waals surface area contributed by atoms with E-state index in [1.54, 1.807) is 42.5 Å². The third-order valence-corrected chi connectivity index (χ3v) is 9.19. The number of unbranched alkanes of at least 4 members (excludes halogenated alkanes) is 1. The molecule has 1 N–H and O–H groups in total. The zero-order chi connectivity index (χ0) is 32.2. The molecule has 0 bridgehead atoms. The first-order valence-electron chi connectivity index (χ1n) is 15.3. The molecule has 0 radical (unpaired) electrons. The molecule has 4 aromatic rings. The summed E-state index contributed by atoms with van der Waals surface area (Å²) in [6, 6.07) is 30.8. The lowest BCUT2D eigenvalue weighted by Crippen LogP contribution is -2.52. The molecule has 0 unspecified atom stereocenters. The average Bonchev–Trinajstić information content (AvgIpc) is 3.06.